The summed E-state index contributed by atoms with van der Waals surface area (Å²) in [6, 6.07) is 6.77. The number of halogens is 6. The number of hydrogen-bond acceptors (Lipinski definition) is 1. The summed E-state index contributed by atoms with van der Waals surface area (Å²) in [4.78, 5) is 10.8. The monoisotopic (exact) mass is 361 g/mol. The van der Waals surface area contributed by atoms with Gasteiger partial charge in [-0.3, -0.25) is 0 Å². The van der Waals surface area contributed by atoms with Gasteiger partial charge in [-0.1, -0.05) is 24.8 Å². The van der Waals surface area contributed by atoms with Crippen LogP contribution in [0.1, 0.15) is 10.4 Å². The van der Waals surface area contributed by atoms with Gasteiger partial charge in [0.15, 0.2) is 6.21 Å². The standard InChI is InChI=1S/C13H13NO2.F6P/c1-3-4-5-9-14(2)12-8-6-7-11(10-12)13(15)16;1-7(2,3,4,5)6/h3-10H,1H2,2H3;/q;-1/p+1/b5-4-,14-9?;. The molecule has 0 fully saturated rings. The molecule has 0 unspecified atom stereocenters. The van der Waals surface area contributed by atoms with Gasteiger partial charge in [-0.25, -0.2) is 9.37 Å². The Morgan fingerprint density at radius 1 is 1.17 bits per heavy atom. The van der Waals surface area contributed by atoms with E-state index in [0.717, 1.165) is 5.69 Å². The number of carboxylic acids is 1. The van der Waals surface area contributed by atoms with E-state index in [4.69, 9.17) is 5.11 Å². The maximum atomic E-state index is 10.8. The van der Waals surface area contributed by atoms with Gasteiger partial charge in [0.1, 0.15) is 7.05 Å². The molecule has 0 heterocycles. The van der Waals surface area contributed by atoms with Gasteiger partial charge in [-0.05, 0) is 6.07 Å². The van der Waals surface area contributed by atoms with Crippen LogP contribution >= 0.6 is 7.81 Å². The predicted molar refractivity (Wildman–Crippen MR) is 78.2 cm³/mol. The number of hydrogen-bond donors (Lipinski definition) is 1. The first-order valence-electron chi connectivity index (χ1n) is 5.85. The molecule has 1 N–H and O–H groups in total. The van der Waals surface area contributed by atoms with Crippen molar-refractivity contribution >= 4 is 25.7 Å². The summed E-state index contributed by atoms with van der Waals surface area (Å²) in [6.07, 6.45) is 7.15. The van der Waals surface area contributed by atoms with Crippen molar-refractivity contribution in [1.29, 1.82) is 0 Å². The molecule has 0 spiro atoms. The molecule has 23 heavy (non-hydrogen) atoms. The second kappa shape index (κ2) is 6.54. The minimum absolute atomic E-state index is 0.283. The van der Waals surface area contributed by atoms with Crippen LogP contribution in [-0.4, -0.2) is 28.9 Å². The maximum absolute atomic E-state index is 10.8. The molecule has 0 atom stereocenters. The number of nitrogens with zero attached hydrogens (tertiary/aromatic N) is 1. The van der Waals surface area contributed by atoms with Gasteiger partial charge in [0.25, 0.3) is 0 Å². The van der Waals surface area contributed by atoms with Crippen LogP contribution in [0.15, 0.2) is 49.1 Å². The summed E-state index contributed by atoms with van der Waals surface area (Å²) in [5.41, 5.74) is 1.11. The number of rotatable bonds is 4. The molecule has 0 amide bonds. The van der Waals surface area contributed by atoms with Gasteiger partial charge < -0.3 is 5.11 Å². The first-order chi connectivity index (χ1) is 10.1. The van der Waals surface area contributed by atoms with E-state index in [1.54, 1.807) is 30.4 Å². The van der Waals surface area contributed by atoms with E-state index < -0.39 is 13.8 Å². The summed E-state index contributed by atoms with van der Waals surface area (Å²) in [5.74, 6) is -0.920. The van der Waals surface area contributed by atoms with Gasteiger partial charge in [-0.2, -0.15) is 0 Å². The molecular formula is C13H14F6NO2P. The average molecular weight is 361 g/mol. The van der Waals surface area contributed by atoms with E-state index >= 15 is 0 Å². The van der Waals surface area contributed by atoms with Crippen LogP contribution in [0, 0.1) is 0 Å². The molecule has 0 aliphatic rings. The van der Waals surface area contributed by atoms with Crippen LogP contribution in [0.4, 0.5) is 30.9 Å². The van der Waals surface area contributed by atoms with Crippen LogP contribution < -0.4 is 0 Å². The van der Waals surface area contributed by atoms with Gasteiger partial charge in [0, 0.05) is 18.2 Å². The summed E-state index contributed by atoms with van der Waals surface area (Å²) >= 11 is 0. The molecular weight excluding hydrogens is 347 g/mol. The summed E-state index contributed by atoms with van der Waals surface area (Å²) < 4.78 is 61.0. The quantitative estimate of drug-likeness (QED) is 0.240. The topological polar surface area (TPSA) is 40.3 Å². The summed E-state index contributed by atoms with van der Waals surface area (Å²) in [7, 11) is -8.80. The first kappa shape index (κ1) is 20.9. The van der Waals surface area contributed by atoms with Crippen LogP contribution in [-0.2, 0) is 0 Å². The SMILES string of the molecule is C=C/C=C\C=[N+](C)c1cccc(C(=O)O)c1.F[P-](F)(F)(F)(F)F. The molecule has 0 bridgehead atoms. The summed E-state index contributed by atoms with van der Waals surface area (Å²) in [6.45, 7) is 3.56. The van der Waals surface area contributed by atoms with Crippen molar-refractivity contribution < 1.29 is 39.7 Å². The first-order valence-corrected chi connectivity index (χ1v) is 7.88. The van der Waals surface area contributed by atoms with Gasteiger partial charge in [0.2, 0.25) is 5.69 Å². The third kappa shape index (κ3) is 14.5. The third-order valence-electron chi connectivity index (χ3n) is 2.06. The number of carboxylic acid groups (broad SMARTS) is 1. The zero-order valence-corrected chi connectivity index (χ0v) is 12.7. The second-order valence-electron chi connectivity index (χ2n) is 4.19. The zero-order valence-electron chi connectivity index (χ0n) is 11.8. The van der Waals surface area contributed by atoms with Crippen molar-refractivity contribution in [2.45, 2.75) is 0 Å². The van der Waals surface area contributed by atoms with Crippen molar-refractivity contribution in [2.75, 3.05) is 7.05 Å². The zero-order chi connectivity index (χ0) is 18.4. The molecule has 0 aliphatic carbocycles. The molecule has 1 rings (SSSR count). The van der Waals surface area contributed by atoms with Crippen LogP contribution in [0.3, 0.4) is 0 Å². The van der Waals surface area contributed by atoms with Gasteiger partial charge >= 0.3 is 39.0 Å². The number of aromatic carboxylic acids is 1. The Balaban J connectivity index is 0.000000585. The van der Waals surface area contributed by atoms with E-state index in [0.29, 0.717) is 0 Å². The fourth-order valence-electron chi connectivity index (χ4n) is 1.20. The van der Waals surface area contributed by atoms with Gasteiger partial charge in [-0.15, -0.1) is 0 Å². The Morgan fingerprint density at radius 2 is 1.70 bits per heavy atom. The van der Waals surface area contributed by atoms with Gasteiger partial charge in [0.05, 0.1) is 5.56 Å². The van der Waals surface area contributed by atoms with Crippen molar-refractivity contribution in [3.63, 3.8) is 0 Å². The molecule has 10 heteroatoms. The minimum atomic E-state index is -10.7. The molecule has 0 saturated carbocycles. The molecule has 3 nitrogen and oxygen atoms in total. The second-order valence-corrected chi connectivity index (χ2v) is 6.11. The molecule has 0 saturated heterocycles. The molecule has 1 aromatic carbocycles. The summed E-state index contributed by atoms with van der Waals surface area (Å²) in [5, 5.41) is 8.85. The van der Waals surface area contributed by atoms with Crippen molar-refractivity contribution in [3.8, 4) is 0 Å². The molecule has 1 aromatic rings. The van der Waals surface area contributed by atoms with E-state index in [9.17, 15) is 30.0 Å². The van der Waals surface area contributed by atoms with E-state index in [2.05, 4.69) is 6.58 Å². The molecule has 0 aromatic heterocycles. The number of benzene rings is 1. The van der Waals surface area contributed by atoms with Crippen LogP contribution in [0.5, 0.6) is 0 Å². The Hall–Kier alpha value is -2.15. The van der Waals surface area contributed by atoms with Crippen molar-refractivity contribution in [1.82, 2.24) is 0 Å². The number of carbonyl (C=O) groups is 1. The normalized spacial score (nSPS) is 15.2. The average Bonchev–Trinajstić information content (AvgIpc) is 2.35. The Bertz CT molecular complexity index is 638. The van der Waals surface area contributed by atoms with Crippen LogP contribution in [0.2, 0.25) is 0 Å². The fourth-order valence-corrected chi connectivity index (χ4v) is 1.20. The van der Waals surface area contributed by atoms with E-state index in [1.807, 2.05) is 30.0 Å². The Kier molecular flexibility index (Phi) is 5.93. The fraction of sp³-hybridized carbons (Fsp3) is 0.0769. The Morgan fingerprint density at radius 3 is 2.13 bits per heavy atom. The van der Waals surface area contributed by atoms with Crippen LogP contribution in [0.25, 0.3) is 0 Å². The van der Waals surface area contributed by atoms with E-state index in [-0.39, 0.29) is 5.56 Å². The molecule has 0 aliphatic heterocycles. The van der Waals surface area contributed by atoms with Crippen molar-refractivity contribution in [3.05, 3.63) is 54.6 Å². The Labute approximate surface area is 128 Å². The molecule has 0 radical (unpaired) electrons. The molecule has 130 valence electrons. The predicted octanol–water partition coefficient (Wildman–Crippen LogP) is 5.85. The third-order valence-corrected chi connectivity index (χ3v) is 2.06. The van der Waals surface area contributed by atoms with E-state index in [1.165, 1.54) is 0 Å². The van der Waals surface area contributed by atoms with Crippen molar-refractivity contribution in [2.24, 2.45) is 0 Å². The number of allylic oxidation sites excluding steroid dienone is 3.